The second-order valence-corrected chi connectivity index (χ2v) is 2.86. The first-order valence-electron chi connectivity index (χ1n) is 2.42. The molecule has 0 aliphatic carbocycles. The van der Waals surface area contributed by atoms with E-state index < -0.39 is 0 Å². The summed E-state index contributed by atoms with van der Waals surface area (Å²) in [6.07, 6.45) is 0. The summed E-state index contributed by atoms with van der Waals surface area (Å²) in [6.45, 7) is 5.09. The fourth-order valence-corrected chi connectivity index (χ4v) is 0.804. The average molecular weight is 117 g/mol. The van der Waals surface area contributed by atoms with Crippen LogP contribution in [0.4, 0.5) is 0 Å². The van der Waals surface area contributed by atoms with Crippen molar-refractivity contribution in [3.8, 4) is 0 Å². The smallest absolute Gasteiger partial charge is 0.0593 e. The Morgan fingerprint density at radius 2 is 2.57 bits per heavy atom. The normalized spacial score (nSPS) is 27.9. The molecule has 0 saturated carbocycles. The molecule has 0 amide bonds. The molecular formula is C5H9OS. The van der Waals surface area contributed by atoms with Gasteiger partial charge in [0.05, 0.1) is 6.61 Å². The van der Waals surface area contributed by atoms with Crippen molar-refractivity contribution >= 4 is 11.8 Å². The van der Waals surface area contributed by atoms with Gasteiger partial charge in [0.1, 0.15) is 0 Å². The molecule has 2 heteroatoms. The van der Waals surface area contributed by atoms with Crippen molar-refractivity contribution in [1.29, 1.82) is 0 Å². The molecule has 7 heavy (non-hydrogen) atoms. The molecule has 0 aromatic heterocycles. The van der Waals surface area contributed by atoms with Crippen LogP contribution in [0.5, 0.6) is 0 Å². The largest absolute Gasteiger partial charge is 0.380 e. The minimum Gasteiger partial charge on any atom is -0.380 e. The van der Waals surface area contributed by atoms with E-state index in [-0.39, 0.29) is 0 Å². The second-order valence-electron chi connectivity index (χ2n) is 1.53. The molecule has 1 saturated heterocycles. The maximum absolute atomic E-state index is 5.03. The molecule has 1 nitrogen and oxygen atoms in total. The Morgan fingerprint density at radius 3 is 3.00 bits per heavy atom. The zero-order chi connectivity index (χ0) is 5.11. The number of thioether (sulfide) groups is 1. The third kappa shape index (κ3) is 2.19. The molecule has 0 N–H and O–H groups in total. The van der Waals surface area contributed by atoms with Crippen molar-refractivity contribution in [2.45, 2.75) is 5.25 Å². The standard InChI is InChI=1S/C5H9OS/c1-2-6-3-5-4-7-5/h5H,1-4H2. The summed E-state index contributed by atoms with van der Waals surface area (Å²) in [7, 11) is 0. The van der Waals surface area contributed by atoms with E-state index in [0.717, 1.165) is 11.9 Å². The fourth-order valence-electron chi connectivity index (χ4n) is 0.379. The van der Waals surface area contributed by atoms with Gasteiger partial charge in [-0.25, -0.2) is 0 Å². The summed E-state index contributed by atoms with van der Waals surface area (Å²) in [5, 5.41) is 0.807. The van der Waals surface area contributed by atoms with Gasteiger partial charge >= 0.3 is 0 Å². The monoisotopic (exact) mass is 117 g/mol. The first kappa shape index (κ1) is 5.45. The Balaban J connectivity index is 1.80. The van der Waals surface area contributed by atoms with E-state index in [1.807, 2.05) is 11.8 Å². The van der Waals surface area contributed by atoms with Crippen LogP contribution in [-0.2, 0) is 4.74 Å². The van der Waals surface area contributed by atoms with Gasteiger partial charge < -0.3 is 4.74 Å². The van der Waals surface area contributed by atoms with Crippen molar-refractivity contribution < 1.29 is 4.74 Å². The van der Waals surface area contributed by atoms with Crippen LogP contribution >= 0.6 is 11.8 Å². The van der Waals surface area contributed by atoms with Gasteiger partial charge in [0, 0.05) is 17.6 Å². The minimum atomic E-state index is 0.622. The van der Waals surface area contributed by atoms with E-state index in [4.69, 9.17) is 4.74 Å². The highest BCUT2D eigenvalue weighted by atomic mass is 32.2. The molecule has 0 spiro atoms. The molecule has 1 fully saturated rings. The van der Waals surface area contributed by atoms with E-state index in [1.165, 1.54) is 5.75 Å². The van der Waals surface area contributed by atoms with E-state index in [1.54, 1.807) is 0 Å². The molecule has 0 aromatic carbocycles. The topological polar surface area (TPSA) is 9.23 Å². The van der Waals surface area contributed by atoms with Gasteiger partial charge in [0.25, 0.3) is 0 Å². The maximum atomic E-state index is 5.03. The molecule has 1 atom stereocenters. The van der Waals surface area contributed by atoms with Crippen molar-refractivity contribution in [3.63, 3.8) is 0 Å². The maximum Gasteiger partial charge on any atom is 0.0593 e. The Morgan fingerprint density at radius 1 is 1.86 bits per heavy atom. The molecule has 1 rings (SSSR count). The zero-order valence-electron chi connectivity index (χ0n) is 4.22. The predicted octanol–water partition coefficient (Wildman–Crippen LogP) is 0.952. The van der Waals surface area contributed by atoms with E-state index >= 15 is 0 Å². The lowest BCUT2D eigenvalue weighted by atomic mass is 10.5. The van der Waals surface area contributed by atoms with Gasteiger partial charge in [-0.1, -0.05) is 0 Å². The quantitative estimate of drug-likeness (QED) is 0.509. The number of ether oxygens (including phenoxy) is 1. The predicted molar refractivity (Wildman–Crippen MR) is 32.4 cm³/mol. The van der Waals surface area contributed by atoms with Crippen molar-refractivity contribution in [2.24, 2.45) is 0 Å². The number of hydrogen-bond donors (Lipinski definition) is 0. The van der Waals surface area contributed by atoms with E-state index in [9.17, 15) is 0 Å². The molecular weight excluding hydrogens is 108 g/mol. The molecule has 41 valence electrons. The highest BCUT2D eigenvalue weighted by molar-refractivity contribution is 8.06. The van der Waals surface area contributed by atoms with Crippen LogP contribution < -0.4 is 0 Å². The SMILES string of the molecule is [CH2]COCC1CS1. The number of hydrogen-bond acceptors (Lipinski definition) is 2. The highest BCUT2D eigenvalue weighted by Crippen LogP contribution is 2.29. The minimum absolute atomic E-state index is 0.622. The Labute approximate surface area is 48.4 Å². The van der Waals surface area contributed by atoms with Crippen LogP contribution in [0.25, 0.3) is 0 Å². The van der Waals surface area contributed by atoms with E-state index in [0.29, 0.717) is 6.61 Å². The van der Waals surface area contributed by atoms with Gasteiger partial charge in [0.2, 0.25) is 0 Å². The van der Waals surface area contributed by atoms with Crippen molar-refractivity contribution in [3.05, 3.63) is 6.92 Å². The first-order chi connectivity index (χ1) is 3.43. The molecule has 1 aliphatic heterocycles. The van der Waals surface area contributed by atoms with Crippen LogP contribution in [0.15, 0.2) is 0 Å². The van der Waals surface area contributed by atoms with Crippen LogP contribution in [0, 0.1) is 6.92 Å². The molecule has 1 heterocycles. The van der Waals surface area contributed by atoms with Crippen LogP contribution in [0.3, 0.4) is 0 Å². The Hall–Kier alpha value is 0.310. The molecule has 0 aromatic rings. The lowest BCUT2D eigenvalue weighted by Gasteiger charge is -1.92. The van der Waals surface area contributed by atoms with Gasteiger partial charge in [-0.2, -0.15) is 11.8 Å². The Kier molecular flexibility index (Phi) is 2.00. The van der Waals surface area contributed by atoms with E-state index in [2.05, 4.69) is 6.92 Å². The number of rotatable bonds is 3. The lowest BCUT2D eigenvalue weighted by Crippen LogP contribution is -1.98. The van der Waals surface area contributed by atoms with Crippen LogP contribution in [-0.4, -0.2) is 24.2 Å². The summed E-state index contributed by atoms with van der Waals surface area (Å²) in [5.74, 6) is 1.29. The van der Waals surface area contributed by atoms with Gasteiger partial charge in [-0.15, -0.1) is 0 Å². The molecule has 0 bridgehead atoms. The zero-order valence-corrected chi connectivity index (χ0v) is 5.04. The summed E-state index contributed by atoms with van der Waals surface area (Å²) >= 11 is 1.96. The van der Waals surface area contributed by atoms with Crippen LogP contribution in [0.1, 0.15) is 0 Å². The molecule has 1 radical (unpaired) electrons. The summed E-state index contributed by atoms with van der Waals surface area (Å²) in [5.41, 5.74) is 0. The van der Waals surface area contributed by atoms with Gasteiger partial charge in [0.15, 0.2) is 0 Å². The van der Waals surface area contributed by atoms with Crippen molar-refractivity contribution in [2.75, 3.05) is 19.0 Å². The van der Waals surface area contributed by atoms with Gasteiger partial charge in [-0.3, -0.25) is 0 Å². The van der Waals surface area contributed by atoms with Gasteiger partial charge in [-0.05, 0) is 6.92 Å². The summed E-state index contributed by atoms with van der Waals surface area (Å²) in [6, 6.07) is 0. The highest BCUT2D eigenvalue weighted by Gasteiger charge is 2.21. The lowest BCUT2D eigenvalue weighted by molar-refractivity contribution is 0.170. The molecule has 1 aliphatic rings. The van der Waals surface area contributed by atoms with Crippen LogP contribution in [0.2, 0.25) is 0 Å². The Bertz CT molecular complexity index is 52.0. The second kappa shape index (κ2) is 2.58. The molecule has 1 unspecified atom stereocenters. The third-order valence-corrected chi connectivity index (χ3v) is 1.79. The summed E-state index contributed by atoms with van der Waals surface area (Å²) in [4.78, 5) is 0. The fraction of sp³-hybridized carbons (Fsp3) is 0.800. The summed E-state index contributed by atoms with van der Waals surface area (Å²) < 4.78 is 5.03. The average Bonchev–Trinajstić information content (AvgIpc) is 2.42. The van der Waals surface area contributed by atoms with Crippen molar-refractivity contribution in [1.82, 2.24) is 0 Å². The third-order valence-electron chi connectivity index (χ3n) is 0.850. The first-order valence-corrected chi connectivity index (χ1v) is 3.47.